The van der Waals surface area contributed by atoms with Crippen molar-refractivity contribution in [2.24, 2.45) is 0 Å². The maximum absolute atomic E-state index is 5.17. The minimum Gasteiger partial charge on any atom is -0.461 e. The van der Waals surface area contributed by atoms with Crippen LogP contribution in [0, 0.1) is 0 Å². The third-order valence-corrected chi connectivity index (χ3v) is 1.49. The SMILES string of the molecule is C=CC1=C(C=C)N(C)C=CO1.CC. The Morgan fingerprint density at radius 2 is 1.92 bits per heavy atom. The zero-order chi connectivity index (χ0) is 10.3. The summed E-state index contributed by atoms with van der Waals surface area (Å²) in [6.45, 7) is 11.3. The molecule has 0 fully saturated rings. The molecule has 0 aromatic heterocycles. The molecule has 0 saturated heterocycles. The number of ether oxygens (including phenoxy) is 1. The molecule has 0 aromatic rings. The summed E-state index contributed by atoms with van der Waals surface area (Å²) < 4.78 is 5.17. The van der Waals surface area contributed by atoms with Gasteiger partial charge in [-0.25, -0.2) is 0 Å². The van der Waals surface area contributed by atoms with Crippen LogP contribution < -0.4 is 0 Å². The van der Waals surface area contributed by atoms with Crippen molar-refractivity contribution in [3.8, 4) is 0 Å². The van der Waals surface area contributed by atoms with Gasteiger partial charge in [0.05, 0.1) is 5.70 Å². The quantitative estimate of drug-likeness (QED) is 0.646. The molecule has 0 aromatic carbocycles. The van der Waals surface area contributed by atoms with E-state index in [2.05, 4.69) is 13.2 Å². The van der Waals surface area contributed by atoms with E-state index in [1.165, 1.54) is 0 Å². The van der Waals surface area contributed by atoms with E-state index < -0.39 is 0 Å². The highest BCUT2D eigenvalue weighted by Gasteiger charge is 2.08. The molecule has 72 valence electrons. The van der Waals surface area contributed by atoms with Crippen molar-refractivity contribution in [1.82, 2.24) is 4.90 Å². The second-order valence-corrected chi connectivity index (χ2v) is 2.17. The fraction of sp³-hybridized carbons (Fsp3) is 0.273. The first kappa shape index (κ1) is 11.6. The normalized spacial score (nSPS) is 14.2. The molecule has 2 nitrogen and oxygen atoms in total. The van der Waals surface area contributed by atoms with Gasteiger partial charge in [-0.15, -0.1) is 0 Å². The highest BCUT2D eigenvalue weighted by Crippen LogP contribution is 2.17. The minimum absolute atomic E-state index is 0.741. The Kier molecular flexibility index (Phi) is 5.44. The predicted octanol–water partition coefficient (Wildman–Crippen LogP) is 3.03. The molecule has 1 rings (SSSR count). The lowest BCUT2D eigenvalue weighted by molar-refractivity contribution is 0.319. The molecular weight excluding hydrogens is 162 g/mol. The Bertz CT molecular complexity index is 238. The maximum atomic E-state index is 5.17. The third kappa shape index (κ3) is 2.82. The molecule has 0 atom stereocenters. The van der Waals surface area contributed by atoms with Crippen LogP contribution in [0.25, 0.3) is 0 Å². The highest BCUT2D eigenvalue weighted by atomic mass is 16.5. The summed E-state index contributed by atoms with van der Waals surface area (Å²) in [4.78, 5) is 1.92. The van der Waals surface area contributed by atoms with Crippen molar-refractivity contribution in [3.63, 3.8) is 0 Å². The predicted molar refractivity (Wildman–Crippen MR) is 56.8 cm³/mol. The Balaban J connectivity index is 0.000000671. The van der Waals surface area contributed by atoms with Gasteiger partial charge < -0.3 is 9.64 Å². The number of nitrogens with zero attached hydrogens (tertiary/aromatic N) is 1. The zero-order valence-corrected chi connectivity index (χ0v) is 8.58. The second kappa shape index (κ2) is 6.12. The van der Waals surface area contributed by atoms with Gasteiger partial charge in [0.25, 0.3) is 0 Å². The van der Waals surface area contributed by atoms with E-state index in [-0.39, 0.29) is 0 Å². The Morgan fingerprint density at radius 1 is 1.31 bits per heavy atom. The first-order valence-electron chi connectivity index (χ1n) is 4.35. The van der Waals surface area contributed by atoms with Gasteiger partial charge in [-0.05, 0) is 12.2 Å². The Labute approximate surface area is 80.5 Å². The van der Waals surface area contributed by atoms with Gasteiger partial charge in [0.15, 0.2) is 0 Å². The summed E-state index contributed by atoms with van der Waals surface area (Å²) in [5, 5.41) is 0. The fourth-order valence-electron chi connectivity index (χ4n) is 0.907. The van der Waals surface area contributed by atoms with E-state index in [9.17, 15) is 0 Å². The Hall–Kier alpha value is -1.44. The summed E-state index contributed by atoms with van der Waals surface area (Å²) in [5.41, 5.74) is 0.933. The number of rotatable bonds is 2. The summed E-state index contributed by atoms with van der Waals surface area (Å²) in [5.74, 6) is 0.741. The molecule has 0 N–H and O–H groups in total. The molecular formula is C11H17NO. The molecule has 0 amide bonds. The highest BCUT2D eigenvalue weighted by molar-refractivity contribution is 5.29. The molecule has 1 aliphatic rings. The Morgan fingerprint density at radius 3 is 2.31 bits per heavy atom. The maximum Gasteiger partial charge on any atom is 0.149 e. The van der Waals surface area contributed by atoms with Crippen LogP contribution in [0.3, 0.4) is 0 Å². The van der Waals surface area contributed by atoms with Gasteiger partial charge in [0, 0.05) is 13.2 Å². The molecule has 13 heavy (non-hydrogen) atoms. The number of hydrogen-bond acceptors (Lipinski definition) is 2. The lowest BCUT2D eigenvalue weighted by atomic mass is 10.3. The first-order valence-corrected chi connectivity index (χ1v) is 4.35. The van der Waals surface area contributed by atoms with E-state index in [1.807, 2.05) is 32.0 Å². The molecule has 1 aliphatic heterocycles. The summed E-state index contributed by atoms with van der Waals surface area (Å²) in [6.07, 6.45) is 6.84. The van der Waals surface area contributed by atoms with E-state index in [4.69, 9.17) is 4.74 Å². The lowest BCUT2D eigenvalue weighted by Gasteiger charge is -2.21. The summed E-state index contributed by atoms with van der Waals surface area (Å²) in [7, 11) is 1.93. The van der Waals surface area contributed by atoms with Gasteiger partial charge in [0.2, 0.25) is 0 Å². The molecule has 2 heteroatoms. The van der Waals surface area contributed by atoms with Gasteiger partial charge in [0.1, 0.15) is 12.0 Å². The van der Waals surface area contributed by atoms with Crippen LogP contribution in [-0.4, -0.2) is 11.9 Å². The largest absolute Gasteiger partial charge is 0.461 e. The summed E-state index contributed by atoms with van der Waals surface area (Å²) >= 11 is 0. The van der Waals surface area contributed by atoms with Crippen molar-refractivity contribution in [2.45, 2.75) is 13.8 Å². The van der Waals surface area contributed by atoms with E-state index in [0.717, 1.165) is 11.5 Å². The third-order valence-electron chi connectivity index (χ3n) is 1.49. The van der Waals surface area contributed by atoms with Crippen LogP contribution in [0.1, 0.15) is 13.8 Å². The van der Waals surface area contributed by atoms with Crippen molar-refractivity contribution < 1.29 is 4.74 Å². The lowest BCUT2D eigenvalue weighted by Crippen LogP contribution is -2.14. The molecule has 0 unspecified atom stereocenters. The molecule has 0 spiro atoms. The summed E-state index contributed by atoms with van der Waals surface area (Å²) in [6, 6.07) is 0. The van der Waals surface area contributed by atoms with E-state index in [1.54, 1.807) is 18.4 Å². The monoisotopic (exact) mass is 179 g/mol. The van der Waals surface area contributed by atoms with Crippen LogP contribution in [0.5, 0.6) is 0 Å². The van der Waals surface area contributed by atoms with E-state index in [0.29, 0.717) is 0 Å². The molecule has 0 radical (unpaired) electrons. The topological polar surface area (TPSA) is 12.5 Å². The van der Waals surface area contributed by atoms with Crippen molar-refractivity contribution in [1.29, 1.82) is 0 Å². The minimum atomic E-state index is 0.741. The molecule has 1 heterocycles. The standard InChI is InChI=1S/C9H11NO.C2H6/c1-4-8-9(5-2)11-7-6-10(8)3;1-2/h4-7H,1-2H2,3H3;1-2H3. The van der Waals surface area contributed by atoms with Crippen LogP contribution >= 0.6 is 0 Å². The first-order chi connectivity index (χ1) is 6.29. The second-order valence-electron chi connectivity index (χ2n) is 2.17. The smallest absolute Gasteiger partial charge is 0.149 e. The van der Waals surface area contributed by atoms with E-state index >= 15 is 0 Å². The van der Waals surface area contributed by atoms with Crippen molar-refractivity contribution in [2.75, 3.05) is 7.05 Å². The number of hydrogen-bond donors (Lipinski definition) is 0. The van der Waals surface area contributed by atoms with Crippen LogP contribution in [-0.2, 0) is 4.74 Å². The van der Waals surface area contributed by atoms with Gasteiger partial charge in [-0.3, -0.25) is 0 Å². The molecule has 0 aliphatic carbocycles. The van der Waals surface area contributed by atoms with Crippen LogP contribution in [0.2, 0.25) is 0 Å². The average molecular weight is 179 g/mol. The van der Waals surface area contributed by atoms with Gasteiger partial charge >= 0.3 is 0 Å². The molecule has 0 saturated carbocycles. The number of allylic oxidation sites excluding steroid dienone is 2. The zero-order valence-electron chi connectivity index (χ0n) is 8.58. The van der Waals surface area contributed by atoms with Gasteiger partial charge in [-0.1, -0.05) is 27.0 Å². The van der Waals surface area contributed by atoms with Gasteiger partial charge in [-0.2, -0.15) is 0 Å². The van der Waals surface area contributed by atoms with Crippen LogP contribution in [0.15, 0.2) is 49.2 Å². The van der Waals surface area contributed by atoms with Crippen LogP contribution in [0.4, 0.5) is 0 Å². The average Bonchev–Trinajstić information content (AvgIpc) is 2.20. The van der Waals surface area contributed by atoms with Crippen molar-refractivity contribution in [3.05, 3.63) is 49.2 Å². The number of likely N-dealkylation sites (N-methyl/N-ethyl adjacent to an activating group) is 1. The van der Waals surface area contributed by atoms with Crippen molar-refractivity contribution >= 4 is 0 Å². The fourth-order valence-corrected chi connectivity index (χ4v) is 0.907. The molecule has 0 bridgehead atoms.